The standard InChI is InChI=1S/C22H25N3O2/c1-13(2)16-9-11-17(12-10-16)20-19(15(4)23-22(27)25-20)21(26)24-18-8-6-5-7-14(18)3/h5-13,20H,1-4H3,(H,24,26)(H2,23,25,27). The zero-order valence-corrected chi connectivity index (χ0v) is 16.1. The second kappa shape index (κ2) is 7.66. The molecule has 3 rings (SSSR count). The Morgan fingerprint density at radius 3 is 2.33 bits per heavy atom. The average molecular weight is 363 g/mol. The molecule has 0 fully saturated rings. The molecule has 3 N–H and O–H groups in total. The Bertz CT molecular complexity index is 898. The number of allylic oxidation sites excluding steroid dienone is 1. The molecule has 0 aromatic heterocycles. The van der Waals surface area contributed by atoms with Crippen LogP contribution in [0.2, 0.25) is 0 Å². The van der Waals surface area contributed by atoms with Gasteiger partial charge in [-0.25, -0.2) is 4.79 Å². The van der Waals surface area contributed by atoms with E-state index in [1.165, 1.54) is 5.56 Å². The Labute approximate surface area is 159 Å². The number of carbonyl (C=O) groups is 2. The van der Waals surface area contributed by atoms with E-state index < -0.39 is 6.04 Å². The van der Waals surface area contributed by atoms with E-state index in [4.69, 9.17) is 0 Å². The number of benzene rings is 2. The summed E-state index contributed by atoms with van der Waals surface area (Å²) in [4.78, 5) is 25.1. The quantitative estimate of drug-likeness (QED) is 0.754. The highest BCUT2D eigenvalue weighted by Crippen LogP contribution is 2.29. The zero-order valence-electron chi connectivity index (χ0n) is 16.1. The van der Waals surface area contributed by atoms with Gasteiger partial charge in [0.25, 0.3) is 5.91 Å². The van der Waals surface area contributed by atoms with Crippen LogP contribution in [0.5, 0.6) is 0 Å². The van der Waals surface area contributed by atoms with Gasteiger partial charge in [-0.2, -0.15) is 0 Å². The van der Waals surface area contributed by atoms with Gasteiger partial charge in [-0.1, -0.05) is 56.3 Å². The van der Waals surface area contributed by atoms with E-state index in [1.54, 1.807) is 6.92 Å². The normalized spacial score (nSPS) is 16.8. The van der Waals surface area contributed by atoms with Crippen LogP contribution in [0.15, 0.2) is 59.8 Å². The van der Waals surface area contributed by atoms with Gasteiger partial charge in [-0.15, -0.1) is 0 Å². The molecule has 1 aliphatic heterocycles. The second-order valence-corrected chi connectivity index (χ2v) is 7.16. The Hall–Kier alpha value is -3.08. The summed E-state index contributed by atoms with van der Waals surface area (Å²) in [6, 6.07) is 14.8. The van der Waals surface area contributed by atoms with Gasteiger partial charge in [0.05, 0.1) is 11.6 Å². The summed E-state index contributed by atoms with van der Waals surface area (Å²) in [5.41, 5.74) is 4.90. The third-order valence-corrected chi connectivity index (χ3v) is 4.84. The summed E-state index contributed by atoms with van der Waals surface area (Å²) in [5.74, 6) is 0.190. The van der Waals surface area contributed by atoms with Crippen LogP contribution in [-0.4, -0.2) is 11.9 Å². The predicted molar refractivity (Wildman–Crippen MR) is 107 cm³/mol. The first-order chi connectivity index (χ1) is 12.9. The van der Waals surface area contributed by atoms with Crippen molar-refractivity contribution < 1.29 is 9.59 Å². The third-order valence-electron chi connectivity index (χ3n) is 4.84. The van der Waals surface area contributed by atoms with E-state index in [1.807, 2.05) is 55.5 Å². The van der Waals surface area contributed by atoms with Crippen molar-refractivity contribution in [1.29, 1.82) is 0 Å². The molecule has 27 heavy (non-hydrogen) atoms. The molecule has 5 nitrogen and oxygen atoms in total. The van der Waals surface area contributed by atoms with Gasteiger partial charge in [-0.05, 0) is 42.5 Å². The molecule has 140 valence electrons. The lowest BCUT2D eigenvalue weighted by molar-refractivity contribution is -0.113. The number of anilines is 1. The van der Waals surface area contributed by atoms with Crippen molar-refractivity contribution >= 4 is 17.6 Å². The highest BCUT2D eigenvalue weighted by Gasteiger charge is 2.31. The smallest absolute Gasteiger partial charge is 0.319 e. The van der Waals surface area contributed by atoms with E-state index in [0.717, 1.165) is 16.8 Å². The SMILES string of the molecule is CC1=C(C(=O)Nc2ccccc2C)C(c2ccc(C(C)C)cc2)NC(=O)N1. The van der Waals surface area contributed by atoms with Gasteiger partial charge in [0.15, 0.2) is 0 Å². The van der Waals surface area contributed by atoms with Crippen molar-refractivity contribution in [3.05, 3.63) is 76.5 Å². The number of urea groups is 1. The molecule has 1 atom stereocenters. The van der Waals surface area contributed by atoms with Gasteiger partial charge < -0.3 is 16.0 Å². The van der Waals surface area contributed by atoms with Crippen molar-refractivity contribution in [2.45, 2.75) is 39.7 Å². The molecule has 1 heterocycles. The minimum atomic E-state index is -0.496. The maximum atomic E-state index is 13.0. The Morgan fingerprint density at radius 1 is 1.04 bits per heavy atom. The number of rotatable bonds is 4. The molecule has 3 amide bonds. The molecule has 1 unspecified atom stereocenters. The molecule has 0 saturated carbocycles. The van der Waals surface area contributed by atoms with E-state index in [-0.39, 0.29) is 11.9 Å². The van der Waals surface area contributed by atoms with Gasteiger partial charge in [0.2, 0.25) is 0 Å². The fraction of sp³-hybridized carbons (Fsp3) is 0.273. The van der Waals surface area contributed by atoms with Crippen molar-refractivity contribution in [1.82, 2.24) is 10.6 Å². The number of amides is 3. The van der Waals surface area contributed by atoms with E-state index in [9.17, 15) is 9.59 Å². The first-order valence-electron chi connectivity index (χ1n) is 9.12. The molecule has 0 saturated heterocycles. The van der Waals surface area contributed by atoms with Gasteiger partial charge in [0.1, 0.15) is 0 Å². The topological polar surface area (TPSA) is 70.2 Å². The van der Waals surface area contributed by atoms with Crippen LogP contribution < -0.4 is 16.0 Å². The van der Waals surface area contributed by atoms with Gasteiger partial charge >= 0.3 is 6.03 Å². The third kappa shape index (κ3) is 4.03. The number of aryl methyl sites for hydroxylation is 1. The Balaban J connectivity index is 1.94. The molecule has 0 aliphatic carbocycles. The van der Waals surface area contributed by atoms with Crippen molar-refractivity contribution in [3.63, 3.8) is 0 Å². The maximum absolute atomic E-state index is 13.0. The van der Waals surface area contributed by atoms with E-state index in [2.05, 4.69) is 29.8 Å². The summed E-state index contributed by atoms with van der Waals surface area (Å²) < 4.78 is 0. The summed E-state index contributed by atoms with van der Waals surface area (Å²) in [6.45, 7) is 7.96. The van der Waals surface area contributed by atoms with Gasteiger partial charge in [-0.3, -0.25) is 4.79 Å². The molecule has 2 aromatic carbocycles. The number of hydrogen-bond acceptors (Lipinski definition) is 2. The van der Waals surface area contributed by atoms with Crippen molar-refractivity contribution in [2.75, 3.05) is 5.32 Å². The van der Waals surface area contributed by atoms with Crippen molar-refractivity contribution in [2.24, 2.45) is 0 Å². The highest BCUT2D eigenvalue weighted by atomic mass is 16.2. The molecular weight excluding hydrogens is 338 g/mol. The lowest BCUT2D eigenvalue weighted by atomic mass is 9.92. The Kier molecular flexibility index (Phi) is 5.31. The molecule has 5 heteroatoms. The lowest BCUT2D eigenvalue weighted by Gasteiger charge is -2.29. The maximum Gasteiger partial charge on any atom is 0.319 e. The van der Waals surface area contributed by atoms with E-state index in [0.29, 0.717) is 17.2 Å². The van der Waals surface area contributed by atoms with Crippen LogP contribution in [0.3, 0.4) is 0 Å². The second-order valence-electron chi connectivity index (χ2n) is 7.16. The average Bonchev–Trinajstić information content (AvgIpc) is 2.63. The first kappa shape index (κ1) is 18.7. The van der Waals surface area contributed by atoms with E-state index >= 15 is 0 Å². The first-order valence-corrected chi connectivity index (χ1v) is 9.12. The van der Waals surface area contributed by atoms with Crippen molar-refractivity contribution in [3.8, 4) is 0 Å². The molecule has 2 aromatic rings. The monoisotopic (exact) mass is 363 g/mol. The minimum Gasteiger partial charge on any atom is -0.327 e. The van der Waals surface area contributed by atoms with Crippen LogP contribution >= 0.6 is 0 Å². The van der Waals surface area contributed by atoms with Crippen LogP contribution in [0.25, 0.3) is 0 Å². The number of nitrogens with one attached hydrogen (secondary N) is 3. The number of para-hydroxylation sites is 1. The molecule has 0 spiro atoms. The van der Waals surface area contributed by atoms with Crippen LogP contribution in [0.4, 0.5) is 10.5 Å². The largest absolute Gasteiger partial charge is 0.327 e. The molecule has 1 aliphatic rings. The highest BCUT2D eigenvalue weighted by molar-refractivity contribution is 6.07. The summed E-state index contributed by atoms with van der Waals surface area (Å²) in [5, 5.41) is 8.55. The summed E-state index contributed by atoms with van der Waals surface area (Å²) in [6.07, 6.45) is 0. The fourth-order valence-electron chi connectivity index (χ4n) is 3.22. The van der Waals surface area contributed by atoms with Crippen LogP contribution in [-0.2, 0) is 4.79 Å². The van der Waals surface area contributed by atoms with Crippen LogP contribution in [0, 0.1) is 6.92 Å². The summed E-state index contributed by atoms with van der Waals surface area (Å²) >= 11 is 0. The lowest BCUT2D eigenvalue weighted by Crippen LogP contribution is -2.46. The molecule has 0 bridgehead atoms. The van der Waals surface area contributed by atoms with Gasteiger partial charge in [0, 0.05) is 11.4 Å². The Morgan fingerprint density at radius 2 is 1.70 bits per heavy atom. The number of hydrogen-bond donors (Lipinski definition) is 3. The summed E-state index contributed by atoms with van der Waals surface area (Å²) in [7, 11) is 0. The van der Waals surface area contributed by atoms with Crippen LogP contribution in [0.1, 0.15) is 49.4 Å². The predicted octanol–water partition coefficient (Wildman–Crippen LogP) is 4.39. The number of carbonyl (C=O) groups excluding carboxylic acids is 2. The fourth-order valence-corrected chi connectivity index (χ4v) is 3.22. The molecule has 0 radical (unpaired) electrons. The minimum absolute atomic E-state index is 0.229. The zero-order chi connectivity index (χ0) is 19.6. The molecular formula is C22H25N3O2.